The van der Waals surface area contributed by atoms with Crippen molar-refractivity contribution in [2.45, 2.75) is 0 Å². The predicted molar refractivity (Wildman–Crippen MR) is 80.5 cm³/mol. The van der Waals surface area contributed by atoms with Crippen molar-refractivity contribution in [2.24, 2.45) is 7.05 Å². The lowest BCUT2D eigenvalue weighted by molar-refractivity contribution is -0.646. The van der Waals surface area contributed by atoms with Crippen LogP contribution in [-0.2, 0) is 7.05 Å². The van der Waals surface area contributed by atoms with Crippen LogP contribution in [0.15, 0.2) is 66.7 Å². The van der Waals surface area contributed by atoms with Crippen molar-refractivity contribution in [2.75, 3.05) is 0 Å². The summed E-state index contributed by atoms with van der Waals surface area (Å²) in [5.74, 6) is 0. The Hall–Kier alpha value is -2.12. The van der Waals surface area contributed by atoms with Gasteiger partial charge in [-0.1, -0.05) is 42.5 Å². The minimum absolute atomic E-state index is 0. The molecule has 0 saturated heterocycles. The second kappa shape index (κ2) is 6.36. The molecule has 0 radical (unpaired) electrons. The Bertz CT molecular complexity index is 733. The Balaban J connectivity index is 0.00000147. The van der Waals surface area contributed by atoms with Crippen LogP contribution in [0.1, 0.15) is 11.3 Å². The lowest BCUT2D eigenvalue weighted by Crippen LogP contribution is -3.00. The fourth-order valence-electron chi connectivity index (χ4n) is 2.27. The SMILES string of the molecule is C[n+]1c(C=Cc2ccccc2)ccc2ccccc21.[Cl-]. The van der Waals surface area contributed by atoms with Crippen LogP contribution in [0.25, 0.3) is 23.1 Å². The molecule has 0 aliphatic carbocycles. The molecule has 2 aromatic carbocycles. The van der Waals surface area contributed by atoms with E-state index in [1.807, 2.05) is 6.07 Å². The van der Waals surface area contributed by atoms with Crippen molar-refractivity contribution in [3.05, 3.63) is 78.0 Å². The Morgan fingerprint density at radius 2 is 1.45 bits per heavy atom. The highest BCUT2D eigenvalue weighted by atomic mass is 35.5. The molecule has 3 aromatic rings. The van der Waals surface area contributed by atoms with Gasteiger partial charge >= 0.3 is 0 Å². The van der Waals surface area contributed by atoms with E-state index in [0.717, 1.165) is 0 Å². The summed E-state index contributed by atoms with van der Waals surface area (Å²) in [4.78, 5) is 0. The number of fused-ring (bicyclic) bond motifs is 1. The molecule has 2 heteroatoms. The number of benzene rings is 2. The molecular formula is C18H16ClN. The minimum Gasteiger partial charge on any atom is -1.00 e. The monoisotopic (exact) mass is 281 g/mol. The highest BCUT2D eigenvalue weighted by Crippen LogP contribution is 2.11. The van der Waals surface area contributed by atoms with Gasteiger partial charge in [0.2, 0.25) is 11.2 Å². The van der Waals surface area contributed by atoms with Crippen molar-refractivity contribution in [3.8, 4) is 0 Å². The van der Waals surface area contributed by atoms with Crippen molar-refractivity contribution in [3.63, 3.8) is 0 Å². The highest BCUT2D eigenvalue weighted by Gasteiger charge is 2.07. The second-order valence-electron chi connectivity index (χ2n) is 4.62. The summed E-state index contributed by atoms with van der Waals surface area (Å²) in [7, 11) is 2.10. The standard InChI is InChI=1S/C18H16N.ClH/c1-19-17(13-11-15-7-3-2-4-8-15)14-12-16-9-5-6-10-18(16)19;/h2-14H,1H3;1H/q+1;/p-1. The molecule has 0 amide bonds. The zero-order valence-electron chi connectivity index (χ0n) is 11.3. The van der Waals surface area contributed by atoms with E-state index >= 15 is 0 Å². The van der Waals surface area contributed by atoms with E-state index in [4.69, 9.17) is 0 Å². The molecular weight excluding hydrogens is 266 g/mol. The maximum atomic E-state index is 2.22. The van der Waals surface area contributed by atoms with Gasteiger partial charge in [0, 0.05) is 23.6 Å². The third-order valence-electron chi connectivity index (χ3n) is 3.37. The van der Waals surface area contributed by atoms with Gasteiger partial charge in [0.1, 0.15) is 7.05 Å². The van der Waals surface area contributed by atoms with Crippen LogP contribution in [0.3, 0.4) is 0 Å². The zero-order chi connectivity index (χ0) is 13.1. The van der Waals surface area contributed by atoms with E-state index in [0.29, 0.717) is 0 Å². The number of aromatic nitrogens is 1. The van der Waals surface area contributed by atoms with Gasteiger partial charge in [0.25, 0.3) is 0 Å². The first-order valence-electron chi connectivity index (χ1n) is 6.45. The molecule has 0 atom stereocenters. The first kappa shape index (κ1) is 14.3. The van der Waals surface area contributed by atoms with Crippen LogP contribution in [0.2, 0.25) is 0 Å². The van der Waals surface area contributed by atoms with Gasteiger partial charge in [-0.05, 0) is 23.8 Å². The minimum atomic E-state index is 0. The lowest BCUT2D eigenvalue weighted by Gasteiger charge is -1.99. The van der Waals surface area contributed by atoms with Gasteiger partial charge in [-0.3, -0.25) is 0 Å². The molecule has 1 heterocycles. The van der Waals surface area contributed by atoms with Crippen LogP contribution >= 0.6 is 0 Å². The van der Waals surface area contributed by atoms with Crippen LogP contribution in [0, 0.1) is 0 Å². The topological polar surface area (TPSA) is 3.88 Å². The number of hydrogen-bond donors (Lipinski definition) is 0. The van der Waals surface area contributed by atoms with Gasteiger partial charge < -0.3 is 12.4 Å². The van der Waals surface area contributed by atoms with E-state index in [-0.39, 0.29) is 12.4 Å². The maximum Gasteiger partial charge on any atom is 0.212 e. The first-order valence-corrected chi connectivity index (χ1v) is 6.45. The van der Waals surface area contributed by atoms with Gasteiger partial charge in [-0.25, -0.2) is 0 Å². The van der Waals surface area contributed by atoms with Crippen LogP contribution in [0.5, 0.6) is 0 Å². The summed E-state index contributed by atoms with van der Waals surface area (Å²) >= 11 is 0. The summed E-state index contributed by atoms with van der Waals surface area (Å²) in [5, 5.41) is 1.27. The summed E-state index contributed by atoms with van der Waals surface area (Å²) in [5.41, 5.74) is 3.66. The van der Waals surface area contributed by atoms with Crippen LogP contribution < -0.4 is 17.0 Å². The molecule has 0 N–H and O–H groups in total. The third-order valence-corrected chi connectivity index (χ3v) is 3.37. The Labute approximate surface area is 125 Å². The van der Waals surface area contributed by atoms with Gasteiger partial charge in [0.15, 0.2) is 0 Å². The summed E-state index contributed by atoms with van der Waals surface area (Å²) in [6.07, 6.45) is 4.30. The fraction of sp³-hybridized carbons (Fsp3) is 0.0556. The molecule has 0 spiro atoms. The Kier molecular flexibility index (Phi) is 4.54. The number of nitrogens with zero attached hydrogens (tertiary/aromatic N) is 1. The smallest absolute Gasteiger partial charge is 0.212 e. The van der Waals surface area contributed by atoms with Crippen molar-refractivity contribution < 1.29 is 17.0 Å². The van der Waals surface area contributed by atoms with Crippen LogP contribution in [-0.4, -0.2) is 0 Å². The number of pyridine rings is 1. The Morgan fingerprint density at radius 3 is 2.25 bits per heavy atom. The molecule has 1 nitrogen and oxygen atoms in total. The van der Waals surface area contributed by atoms with Crippen molar-refractivity contribution >= 4 is 23.1 Å². The molecule has 0 aliphatic heterocycles. The summed E-state index contributed by atoms with van der Waals surface area (Å²) in [6, 6.07) is 23.1. The van der Waals surface area contributed by atoms with Gasteiger partial charge in [-0.15, -0.1) is 0 Å². The van der Waals surface area contributed by atoms with E-state index in [9.17, 15) is 0 Å². The molecule has 0 aliphatic rings. The van der Waals surface area contributed by atoms with Gasteiger partial charge in [0.05, 0.1) is 0 Å². The van der Waals surface area contributed by atoms with E-state index in [1.54, 1.807) is 0 Å². The van der Waals surface area contributed by atoms with E-state index < -0.39 is 0 Å². The predicted octanol–water partition coefficient (Wildman–Crippen LogP) is 0.839. The normalized spacial score (nSPS) is 10.7. The number of hydrogen-bond acceptors (Lipinski definition) is 0. The fourth-order valence-corrected chi connectivity index (χ4v) is 2.27. The quantitative estimate of drug-likeness (QED) is 0.613. The third kappa shape index (κ3) is 2.89. The number of para-hydroxylation sites is 1. The van der Waals surface area contributed by atoms with Crippen LogP contribution in [0.4, 0.5) is 0 Å². The summed E-state index contributed by atoms with van der Waals surface area (Å²) in [6.45, 7) is 0. The van der Waals surface area contributed by atoms with E-state index in [2.05, 4.69) is 84.4 Å². The van der Waals surface area contributed by atoms with Crippen molar-refractivity contribution in [1.29, 1.82) is 0 Å². The average Bonchev–Trinajstić information content (AvgIpc) is 2.48. The molecule has 0 bridgehead atoms. The number of halogens is 1. The molecule has 3 rings (SSSR count). The molecule has 100 valence electrons. The summed E-state index contributed by atoms with van der Waals surface area (Å²) < 4.78 is 2.22. The first-order chi connectivity index (χ1) is 9.34. The average molecular weight is 282 g/mol. The Morgan fingerprint density at radius 1 is 0.750 bits per heavy atom. The highest BCUT2D eigenvalue weighted by molar-refractivity contribution is 5.77. The lowest BCUT2D eigenvalue weighted by atomic mass is 10.1. The maximum absolute atomic E-state index is 2.22. The largest absolute Gasteiger partial charge is 1.00 e. The van der Waals surface area contributed by atoms with E-state index in [1.165, 1.54) is 22.2 Å². The molecule has 0 saturated carbocycles. The molecule has 1 aromatic heterocycles. The number of aryl methyl sites for hydroxylation is 1. The van der Waals surface area contributed by atoms with Gasteiger partial charge in [-0.2, -0.15) is 4.57 Å². The second-order valence-corrected chi connectivity index (χ2v) is 4.62. The molecule has 0 fully saturated rings. The number of rotatable bonds is 2. The molecule has 0 unspecified atom stereocenters. The molecule has 20 heavy (non-hydrogen) atoms. The zero-order valence-corrected chi connectivity index (χ0v) is 12.1. The van der Waals surface area contributed by atoms with Crippen molar-refractivity contribution in [1.82, 2.24) is 0 Å².